The minimum atomic E-state index is -3.47. The Labute approximate surface area is 134 Å². The van der Waals surface area contributed by atoms with Gasteiger partial charge in [-0.25, -0.2) is 13.8 Å². The fourth-order valence-electron chi connectivity index (χ4n) is 2.75. The third kappa shape index (κ3) is 8.38. The zero-order valence-electron chi connectivity index (χ0n) is 14.2. The summed E-state index contributed by atoms with van der Waals surface area (Å²) in [6.45, 7) is 7.58. The molecule has 1 heterocycles. The molecule has 1 fully saturated rings. The Morgan fingerprint density at radius 1 is 1.32 bits per heavy atom. The molecule has 1 unspecified atom stereocenters. The predicted molar refractivity (Wildman–Crippen MR) is 87.8 cm³/mol. The van der Waals surface area contributed by atoms with Crippen LogP contribution in [-0.2, 0) is 10.2 Å². The van der Waals surface area contributed by atoms with Crippen LogP contribution in [0.3, 0.4) is 0 Å². The second kappa shape index (κ2) is 8.54. The Balaban J connectivity index is 2.20. The number of nitrogens with one attached hydrogen (secondary N) is 2. The minimum absolute atomic E-state index is 0.135. The van der Waals surface area contributed by atoms with E-state index in [0.717, 1.165) is 19.6 Å². The number of likely N-dealkylation sites (tertiary alicyclic amines) is 1. The summed E-state index contributed by atoms with van der Waals surface area (Å²) in [5.41, 5.74) is -0.135. The summed E-state index contributed by atoms with van der Waals surface area (Å²) in [5.74, 6) is 0. The highest BCUT2D eigenvalue weighted by Crippen LogP contribution is 2.14. The molecule has 0 aromatic rings. The molecule has 0 spiro atoms. The Kier molecular flexibility index (Phi) is 7.67. The van der Waals surface area contributed by atoms with Gasteiger partial charge >= 0.3 is 0 Å². The van der Waals surface area contributed by atoms with Crippen LogP contribution in [0, 0.1) is 5.41 Å². The van der Waals surface area contributed by atoms with E-state index in [4.69, 9.17) is 0 Å². The average Bonchev–Trinajstić information content (AvgIpc) is 2.77. The number of alkyl halides is 1. The number of hydrogen-bond acceptors (Lipinski definition) is 4. The van der Waals surface area contributed by atoms with Crippen molar-refractivity contribution in [3.8, 4) is 0 Å². The smallest absolute Gasteiger partial charge is 0.276 e. The van der Waals surface area contributed by atoms with Crippen molar-refractivity contribution in [2.75, 3.05) is 53.4 Å². The molecule has 8 heteroatoms. The van der Waals surface area contributed by atoms with E-state index in [-0.39, 0.29) is 5.41 Å². The first kappa shape index (κ1) is 19.8. The summed E-state index contributed by atoms with van der Waals surface area (Å²) >= 11 is 0. The van der Waals surface area contributed by atoms with Crippen molar-refractivity contribution >= 4 is 10.2 Å². The van der Waals surface area contributed by atoms with Crippen LogP contribution >= 0.6 is 0 Å². The lowest BCUT2D eigenvalue weighted by atomic mass is 9.93. The van der Waals surface area contributed by atoms with E-state index in [1.54, 1.807) is 0 Å². The predicted octanol–water partition coefficient (Wildman–Crippen LogP) is 0.432. The molecule has 0 bridgehead atoms. The van der Waals surface area contributed by atoms with Crippen LogP contribution in [-0.4, -0.2) is 77.8 Å². The lowest BCUT2D eigenvalue weighted by Gasteiger charge is -2.28. The fraction of sp³-hybridized carbons (Fsp3) is 1.00. The van der Waals surface area contributed by atoms with Crippen molar-refractivity contribution in [2.45, 2.75) is 32.9 Å². The van der Waals surface area contributed by atoms with Crippen LogP contribution < -0.4 is 9.44 Å². The van der Waals surface area contributed by atoms with Gasteiger partial charge in [0.2, 0.25) is 0 Å². The van der Waals surface area contributed by atoms with Gasteiger partial charge in [0.05, 0.1) is 0 Å². The summed E-state index contributed by atoms with van der Waals surface area (Å²) in [6, 6.07) is 0. The van der Waals surface area contributed by atoms with E-state index in [9.17, 15) is 12.8 Å². The number of nitrogens with zero attached hydrogens (tertiary/aromatic N) is 2. The van der Waals surface area contributed by atoms with Crippen LogP contribution in [0.4, 0.5) is 4.39 Å². The van der Waals surface area contributed by atoms with E-state index in [1.807, 2.05) is 37.7 Å². The van der Waals surface area contributed by atoms with Crippen molar-refractivity contribution < 1.29 is 12.8 Å². The molecule has 1 rings (SSSR count). The zero-order chi connectivity index (χ0) is 16.8. The van der Waals surface area contributed by atoms with Crippen LogP contribution in [0.2, 0.25) is 0 Å². The molecule has 22 heavy (non-hydrogen) atoms. The molecule has 0 amide bonds. The third-order valence-corrected chi connectivity index (χ3v) is 4.75. The van der Waals surface area contributed by atoms with Crippen molar-refractivity contribution in [1.29, 1.82) is 0 Å². The van der Waals surface area contributed by atoms with Crippen molar-refractivity contribution in [2.24, 2.45) is 5.41 Å². The Hall–Kier alpha value is -0.280. The molecule has 1 aliphatic rings. The van der Waals surface area contributed by atoms with Crippen molar-refractivity contribution in [3.05, 3.63) is 0 Å². The largest absolute Gasteiger partial charge is 0.309 e. The van der Waals surface area contributed by atoms with Gasteiger partial charge < -0.3 is 9.80 Å². The Morgan fingerprint density at radius 2 is 2.00 bits per heavy atom. The summed E-state index contributed by atoms with van der Waals surface area (Å²) in [4.78, 5) is 4.07. The molecule has 132 valence electrons. The molecule has 0 aromatic heterocycles. The maximum atomic E-state index is 13.0. The van der Waals surface area contributed by atoms with Crippen molar-refractivity contribution in [3.63, 3.8) is 0 Å². The average molecular weight is 338 g/mol. The molecule has 1 aliphatic heterocycles. The van der Waals surface area contributed by atoms with Gasteiger partial charge in [0.25, 0.3) is 10.2 Å². The Morgan fingerprint density at radius 3 is 2.55 bits per heavy atom. The quantitative estimate of drug-likeness (QED) is 0.567. The van der Waals surface area contributed by atoms with Crippen LogP contribution in [0.25, 0.3) is 0 Å². The van der Waals surface area contributed by atoms with Gasteiger partial charge in [-0.3, -0.25) is 0 Å². The molecular formula is C14H31FN4O2S. The summed E-state index contributed by atoms with van der Waals surface area (Å²) in [5, 5.41) is 0. The summed E-state index contributed by atoms with van der Waals surface area (Å²) in [6.07, 6.45) is 0.556. The van der Waals surface area contributed by atoms with Crippen molar-refractivity contribution in [1.82, 2.24) is 19.2 Å². The van der Waals surface area contributed by atoms with E-state index >= 15 is 0 Å². The monoisotopic (exact) mass is 338 g/mol. The maximum absolute atomic E-state index is 13.0. The first-order chi connectivity index (χ1) is 10.1. The highest BCUT2D eigenvalue weighted by molar-refractivity contribution is 7.87. The molecule has 1 atom stereocenters. The molecule has 2 N–H and O–H groups in total. The summed E-state index contributed by atoms with van der Waals surface area (Å²) < 4.78 is 42.0. The Bertz CT molecular complexity index is 429. The molecule has 0 radical (unpaired) electrons. The van der Waals surface area contributed by atoms with E-state index in [0.29, 0.717) is 32.5 Å². The maximum Gasteiger partial charge on any atom is 0.276 e. The highest BCUT2D eigenvalue weighted by atomic mass is 32.2. The van der Waals surface area contributed by atoms with Crippen LogP contribution in [0.15, 0.2) is 0 Å². The van der Waals surface area contributed by atoms with E-state index < -0.39 is 16.4 Å². The standard InChI is InChI=1S/C14H31FN4O2S/c1-14(2,12-18(3)4)11-17-22(20,21)16-7-5-8-19-9-6-13(15)10-19/h13,16-17H,5-12H2,1-4H3. The number of rotatable bonds is 10. The van der Waals surface area contributed by atoms with Gasteiger partial charge in [-0.05, 0) is 38.9 Å². The number of hydrogen-bond donors (Lipinski definition) is 2. The molecule has 0 aromatic carbocycles. The SMILES string of the molecule is CN(C)CC(C)(C)CNS(=O)(=O)NCCCN1CCC(F)C1. The topological polar surface area (TPSA) is 64.7 Å². The highest BCUT2D eigenvalue weighted by Gasteiger charge is 2.23. The van der Waals surface area contributed by atoms with Gasteiger partial charge in [-0.2, -0.15) is 8.42 Å². The lowest BCUT2D eigenvalue weighted by Crippen LogP contribution is -2.44. The molecular weight excluding hydrogens is 307 g/mol. The first-order valence-electron chi connectivity index (χ1n) is 7.85. The van der Waals surface area contributed by atoms with Crippen LogP contribution in [0.5, 0.6) is 0 Å². The van der Waals surface area contributed by atoms with E-state index in [1.165, 1.54) is 0 Å². The number of halogens is 1. The van der Waals surface area contributed by atoms with E-state index in [2.05, 4.69) is 9.44 Å². The second-order valence-corrected chi connectivity index (χ2v) is 8.75. The van der Waals surface area contributed by atoms with Gasteiger partial charge in [0, 0.05) is 32.7 Å². The molecule has 6 nitrogen and oxygen atoms in total. The molecule has 0 aliphatic carbocycles. The van der Waals surface area contributed by atoms with Crippen LogP contribution in [0.1, 0.15) is 26.7 Å². The minimum Gasteiger partial charge on any atom is -0.309 e. The fourth-order valence-corrected chi connectivity index (χ4v) is 3.85. The van der Waals surface area contributed by atoms with Gasteiger partial charge in [-0.15, -0.1) is 0 Å². The molecule has 1 saturated heterocycles. The molecule has 0 saturated carbocycles. The summed E-state index contributed by atoms with van der Waals surface area (Å²) in [7, 11) is 0.466. The lowest BCUT2D eigenvalue weighted by molar-refractivity contribution is 0.242. The van der Waals surface area contributed by atoms with Gasteiger partial charge in [0.15, 0.2) is 0 Å². The second-order valence-electron chi connectivity index (χ2n) is 7.16. The normalized spacial score (nSPS) is 20.9. The first-order valence-corrected chi connectivity index (χ1v) is 9.33. The van der Waals surface area contributed by atoms with Gasteiger partial charge in [-0.1, -0.05) is 13.8 Å². The zero-order valence-corrected chi connectivity index (χ0v) is 15.0. The third-order valence-electron chi connectivity index (χ3n) is 3.64. The van der Waals surface area contributed by atoms with Gasteiger partial charge in [0.1, 0.15) is 6.17 Å².